The van der Waals surface area contributed by atoms with Gasteiger partial charge < -0.3 is 14.7 Å². The van der Waals surface area contributed by atoms with Crippen molar-refractivity contribution in [3.8, 4) is 5.75 Å². The van der Waals surface area contributed by atoms with Crippen molar-refractivity contribution >= 4 is 21.9 Å². The zero-order valence-corrected chi connectivity index (χ0v) is 13.1. The lowest BCUT2D eigenvalue weighted by molar-refractivity contribution is 0.0690. The van der Waals surface area contributed by atoms with E-state index in [0.29, 0.717) is 16.8 Å². The molecule has 0 saturated carbocycles. The molecule has 1 aliphatic rings. The summed E-state index contributed by atoms with van der Waals surface area (Å²) < 4.78 is 6.35. The molecule has 1 saturated heterocycles. The van der Waals surface area contributed by atoms with Crippen LogP contribution >= 0.6 is 15.9 Å². The van der Waals surface area contributed by atoms with E-state index in [0.717, 1.165) is 32.7 Å². The third-order valence-corrected chi connectivity index (χ3v) is 4.07. The summed E-state index contributed by atoms with van der Waals surface area (Å²) in [6, 6.07) is 5.04. The number of carboxylic acid groups (broad SMARTS) is 1. The second-order valence-corrected chi connectivity index (χ2v) is 5.77. The van der Waals surface area contributed by atoms with Crippen LogP contribution in [0.2, 0.25) is 0 Å². The lowest BCUT2D eigenvalue weighted by atomic mass is 10.2. The maximum absolute atomic E-state index is 11.2. The first-order chi connectivity index (χ1) is 9.58. The zero-order valence-electron chi connectivity index (χ0n) is 11.5. The monoisotopic (exact) mass is 342 g/mol. The Bertz CT molecular complexity index is 473. The van der Waals surface area contributed by atoms with E-state index in [4.69, 9.17) is 9.84 Å². The molecule has 20 heavy (non-hydrogen) atoms. The van der Waals surface area contributed by atoms with Crippen molar-refractivity contribution in [1.82, 2.24) is 9.80 Å². The van der Waals surface area contributed by atoms with Gasteiger partial charge >= 0.3 is 5.97 Å². The van der Waals surface area contributed by atoms with Crippen LogP contribution in [0.25, 0.3) is 0 Å². The molecule has 6 heteroatoms. The fourth-order valence-corrected chi connectivity index (χ4v) is 2.65. The summed E-state index contributed by atoms with van der Waals surface area (Å²) in [5.41, 5.74) is 0.192. The van der Waals surface area contributed by atoms with Gasteiger partial charge in [-0.05, 0) is 35.1 Å². The number of carbonyl (C=O) groups is 1. The van der Waals surface area contributed by atoms with Gasteiger partial charge in [0, 0.05) is 32.7 Å². The predicted octanol–water partition coefficient (Wildman–Crippen LogP) is 1.77. The summed E-state index contributed by atoms with van der Waals surface area (Å²) in [5, 5.41) is 9.15. The van der Waals surface area contributed by atoms with Crippen molar-refractivity contribution in [3.63, 3.8) is 0 Å². The minimum Gasteiger partial charge on any atom is -0.490 e. The van der Waals surface area contributed by atoms with E-state index in [1.54, 1.807) is 18.2 Å². The number of rotatable bonds is 5. The van der Waals surface area contributed by atoms with Gasteiger partial charge in [0.05, 0.1) is 4.47 Å². The van der Waals surface area contributed by atoms with Crippen LogP contribution in [0.1, 0.15) is 10.4 Å². The number of aromatic carboxylic acids is 1. The molecule has 1 aromatic carbocycles. The van der Waals surface area contributed by atoms with Crippen molar-refractivity contribution < 1.29 is 14.6 Å². The number of ether oxygens (including phenoxy) is 1. The van der Waals surface area contributed by atoms with E-state index in [9.17, 15) is 4.79 Å². The number of piperazine rings is 1. The zero-order chi connectivity index (χ0) is 14.5. The van der Waals surface area contributed by atoms with Crippen LogP contribution in [0.4, 0.5) is 0 Å². The molecule has 1 aliphatic heterocycles. The molecule has 0 amide bonds. The van der Waals surface area contributed by atoms with Gasteiger partial charge in [0.15, 0.2) is 0 Å². The Labute approximate surface area is 127 Å². The van der Waals surface area contributed by atoms with Crippen molar-refractivity contribution in [1.29, 1.82) is 0 Å². The summed E-state index contributed by atoms with van der Waals surface area (Å²) in [6.45, 7) is 5.49. The molecule has 0 aromatic heterocycles. The molecule has 0 bridgehead atoms. The van der Waals surface area contributed by atoms with E-state index >= 15 is 0 Å². The van der Waals surface area contributed by atoms with Crippen molar-refractivity contribution in [2.45, 2.75) is 0 Å². The van der Waals surface area contributed by atoms with Gasteiger partial charge in [-0.25, -0.2) is 4.79 Å². The van der Waals surface area contributed by atoms with Crippen molar-refractivity contribution in [2.75, 3.05) is 46.4 Å². The number of para-hydroxylation sites is 1. The van der Waals surface area contributed by atoms with Crippen LogP contribution in [-0.2, 0) is 0 Å². The Morgan fingerprint density at radius 3 is 2.70 bits per heavy atom. The third-order valence-electron chi connectivity index (χ3n) is 3.45. The second kappa shape index (κ2) is 7.06. The Balaban J connectivity index is 1.89. The highest BCUT2D eigenvalue weighted by Crippen LogP contribution is 2.29. The summed E-state index contributed by atoms with van der Waals surface area (Å²) in [4.78, 5) is 15.8. The average Bonchev–Trinajstić information content (AvgIpc) is 2.42. The van der Waals surface area contributed by atoms with Gasteiger partial charge in [-0.1, -0.05) is 6.07 Å². The van der Waals surface area contributed by atoms with Gasteiger partial charge in [0.1, 0.15) is 17.9 Å². The van der Waals surface area contributed by atoms with E-state index in [-0.39, 0.29) is 5.56 Å². The average molecular weight is 343 g/mol. The Morgan fingerprint density at radius 2 is 2.05 bits per heavy atom. The fourth-order valence-electron chi connectivity index (χ4n) is 2.17. The van der Waals surface area contributed by atoms with Crippen LogP contribution in [0, 0.1) is 0 Å². The predicted molar refractivity (Wildman–Crippen MR) is 80.5 cm³/mol. The normalized spacial score (nSPS) is 17.1. The minimum atomic E-state index is -0.971. The first-order valence-electron chi connectivity index (χ1n) is 6.63. The van der Waals surface area contributed by atoms with Gasteiger partial charge in [-0.3, -0.25) is 4.90 Å². The molecule has 0 atom stereocenters. The number of carboxylic acids is 1. The standard InChI is InChI=1S/C14H19BrN2O3/c1-16-5-7-17(8-6-16)9-10-20-13-11(14(18)19)3-2-4-12(13)15/h2-4H,5-10H2,1H3,(H,18,19). The molecule has 5 nitrogen and oxygen atoms in total. The van der Waals surface area contributed by atoms with Gasteiger partial charge in [0.2, 0.25) is 0 Å². The number of nitrogens with zero attached hydrogens (tertiary/aromatic N) is 2. The Morgan fingerprint density at radius 1 is 1.35 bits per heavy atom. The van der Waals surface area contributed by atoms with E-state index < -0.39 is 5.97 Å². The molecule has 2 rings (SSSR count). The molecule has 1 fully saturated rings. The quantitative estimate of drug-likeness (QED) is 0.883. The highest BCUT2D eigenvalue weighted by Gasteiger charge is 2.16. The van der Waals surface area contributed by atoms with E-state index in [1.807, 2.05) is 0 Å². The van der Waals surface area contributed by atoms with Gasteiger partial charge in [-0.2, -0.15) is 0 Å². The summed E-state index contributed by atoms with van der Waals surface area (Å²) in [7, 11) is 2.12. The third kappa shape index (κ3) is 3.94. The molecule has 110 valence electrons. The number of benzene rings is 1. The van der Waals surface area contributed by atoms with Crippen LogP contribution < -0.4 is 4.74 Å². The summed E-state index contributed by atoms with van der Waals surface area (Å²) in [5.74, 6) is -0.560. The Kier molecular flexibility index (Phi) is 5.39. The summed E-state index contributed by atoms with van der Waals surface area (Å²) in [6.07, 6.45) is 0. The van der Waals surface area contributed by atoms with E-state index in [1.165, 1.54) is 0 Å². The molecule has 0 spiro atoms. The lowest BCUT2D eigenvalue weighted by Gasteiger charge is -2.32. The van der Waals surface area contributed by atoms with Crippen molar-refractivity contribution in [2.24, 2.45) is 0 Å². The number of likely N-dealkylation sites (N-methyl/N-ethyl adjacent to an activating group) is 1. The molecule has 0 aliphatic carbocycles. The molecule has 0 unspecified atom stereocenters. The van der Waals surface area contributed by atoms with Gasteiger partial charge in [0.25, 0.3) is 0 Å². The highest BCUT2D eigenvalue weighted by atomic mass is 79.9. The molecule has 1 heterocycles. The fraction of sp³-hybridized carbons (Fsp3) is 0.500. The number of hydrogen-bond donors (Lipinski definition) is 1. The molecular formula is C14H19BrN2O3. The van der Waals surface area contributed by atoms with Crippen molar-refractivity contribution in [3.05, 3.63) is 28.2 Å². The maximum Gasteiger partial charge on any atom is 0.339 e. The highest BCUT2D eigenvalue weighted by molar-refractivity contribution is 9.10. The van der Waals surface area contributed by atoms with Crippen LogP contribution in [0.3, 0.4) is 0 Å². The largest absolute Gasteiger partial charge is 0.490 e. The Hall–Kier alpha value is -1.11. The molecule has 1 N–H and O–H groups in total. The second-order valence-electron chi connectivity index (χ2n) is 4.92. The smallest absolute Gasteiger partial charge is 0.339 e. The van der Waals surface area contributed by atoms with Crippen LogP contribution in [0.5, 0.6) is 5.75 Å². The van der Waals surface area contributed by atoms with E-state index in [2.05, 4.69) is 32.8 Å². The molecule has 1 aromatic rings. The van der Waals surface area contributed by atoms with Gasteiger partial charge in [-0.15, -0.1) is 0 Å². The topological polar surface area (TPSA) is 53.0 Å². The first-order valence-corrected chi connectivity index (χ1v) is 7.42. The lowest BCUT2D eigenvalue weighted by Crippen LogP contribution is -2.45. The first kappa shape index (κ1) is 15.3. The number of halogens is 1. The number of hydrogen-bond acceptors (Lipinski definition) is 4. The van der Waals surface area contributed by atoms with Crippen LogP contribution in [0.15, 0.2) is 22.7 Å². The molecular weight excluding hydrogens is 324 g/mol. The SMILES string of the molecule is CN1CCN(CCOc2c(Br)cccc2C(=O)O)CC1. The minimum absolute atomic E-state index is 0.192. The van der Waals surface area contributed by atoms with Crippen LogP contribution in [-0.4, -0.2) is 67.3 Å². The summed E-state index contributed by atoms with van der Waals surface area (Å²) >= 11 is 3.34. The maximum atomic E-state index is 11.2. The molecule has 0 radical (unpaired) electrons.